The Morgan fingerprint density at radius 3 is 2.31 bits per heavy atom. The molecule has 0 saturated heterocycles. The fourth-order valence-electron chi connectivity index (χ4n) is 3.36. The van der Waals surface area contributed by atoms with Crippen LogP contribution in [0.4, 0.5) is 0 Å². The van der Waals surface area contributed by atoms with Crippen LogP contribution in [0.3, 0.4) is 0 Å². The lowest BCUT2D eigenvalue weighted by Gasteiger charge is -2.34. The van der Waals surface area contributed by atoms with Crippen molar-refractivity contribution >= 4 is 29.7 Å². The minimum atomic E-state index is -0.476. The first-order valence-corrected chi connectivity index (χ1v) is 12.7. The lowest BCUT2D eigenvalue weighted by atomic mass is 9.73. The molecule has 0 saturated carbocycles. The normalized spacial score (nSPS) is 13.3. The van der Waals surface area contributed by atoms with Crippen molar-refractivity contribution in [3.05, 3.63) is 0 Å². The lowest BCUT2D eigenvalue weighted by molar-refractivity contribution is -0.155. The van der Waals surface area contributed by atoms with E-state index >= 15 is 0 Å². The third kappa shape index (κ3) is 14.0. The number of hydrogen-bond donors (Lipinski definition) is 2. The van der Waals surface area contributed by atoms with Gasteiger partial charge in [0, 0.05) is 18.1 Å². The molecular weight excluding hydrogens is 432 g/mol. The summed E-state index contributed by atoms with van der Waals surface area (Å²) in [6.45, 7) is 7.77. The molecule has 0 aromatic rings. The maximum Gasteiger partial charge on any atom is 0.310 e. The quantitative estimate of drug-likeness (QED) is 0.165. The average Bonchev–Trinajstić information content (AvgIpc) is 2.75. The molecule has 0 fully saturated rings. The number of hydrogen-bond acceptors (Lipinski definition) is 9. The van der Waals surface area contributed by atoms with E-state index in [0.29, 0.717) is 50.7 Å². The van der Waals surface area contributed by atoms with Gasteiger partial charge >= 0.3 is 17.9 Å². The number of likely N-dealkylation sites (N-methyl/N-ethyl adjacent to an activating group) is 1. The van der Waals surface area contributed by atoms with Gasteiger partial charge in [-0.3, -0.25) is 14.4 Å². The van der Waals surface area contributed by atoms with Crippen LogP contribution in [0.5, 0.6) is 0 Å². The van der Waals surface area contributed by atoms with E-state index in [1.165, 1.54) is 18.9 Å². The van der Waals surface area contributed by atoms with Crippen LogP contribution in [0.25, 0.3) is 0 Å². The van der Waals surface area contributed by atoms with E-state index in [-0.39, 0.29) is 23.8 Å². The second kappa shape index (κ2) is 18.1. The number of rotatable bonds is 19. The molecule has 9 heteroatoms. The van der Waals surface area contributed by atoms with Gasteiger partial charge in [0.05, 0.1) is 32.0 Å². The standard InChI is InChI=1S/C23H44N2O6S/c1-18(21(27)31-14-12-25-4)16-23(2,3)19(17-32-15-10-20(26)29-5)22(28)30-13-9-7-6-8-11-24/h18-19,25H,6-17,24H2,1-5H3. The van der Waals surface area contributed by atoms with Gasteiger partial charge in [-0.05, 0) is 38.3 Å². The van der Waals surface area contributed by atoms with Gasteiger partial charge in [-0.1, -0.05) is 33.6 Å². The molecular formula is C23H44N2O6S. The van der Waals surface area contributed by atoms with Crippen molar-refractivity contribution in [1.82, 2.24) is 5.32 Å². The predicted octanol–water partition coefficient (Wildman–Crippen LogP) is 2.78. The highest BCUT2D eigenvalue weighted by atomic mass is 32.2. The van der Waals surface area contributed by atoms with E-state index in [0.717, 1.165) is 25.7 Å². The first-order chi connectivity index (χ1) is 15.2. The summed E-state index contributed by atoms with van der Waals surface area (Å²) in [5.41, 5.74) is 5.03. The average molecular weight is 477 g/mol. The molecule has 0 radical (unpaired) electrons. The predicted molar refractivity (Wildman–Crippen MR) is 128 cm³/mol. The van der Waals surface area contributed by atoms with Gasteiger partial charge in [-0.15, -0.1) is 0 Å². The number of esters is 3. The van der Waals surface area contributed by atoms with E-state index in [1.807, 2.05) is 20.8 Å². The summed E-state index contributed by atoms with van der Waals surface area (Å²) in [6, 6.07) is 0. The molecule has 0 aliphatic heterocycles. The van der Waals surface area contributed by atoms with Gasteiger partial charge in [-0.2, -0.15) is 11.8 Å². The minimum Gasteiger partial charge on any atom is -0.469 e. The van der Waals surface area contributed by atoms with Crippen LogP contribution >= 0.6 is 11.8 Å². The third-order valence-corrected chi connectivity index (χ3v) is 6.43. The van der Waals surface area contributed by atoms with Crippen LogP contribution in [0.2, 0.25) is 0 Å². The molecule has 3 N–H and O–H groups in total. The van der Waals surface area contributed by atoms with E-state index < -0.39 is 11.3 Å². The Balaban J connectivity index is 4.93. The number of thioether (sulfide) groups is 1. The van der Waals surface area contributed by atoms with Gasteiger partial charge < -0.3 is 25.3 Å². The molecule has 0 aliphatic carbocycles. The molecule has 0 rings (SSSR count). The van der Waals surface area contributed by atoms with Crippen molar-refractivity contribution in [2.24, 2.45) is 23.0 Å². The summed E-state index contributed by atoms with van der Waals surface area (Å²) < 4.78 is 15.6. The Labute approximate surface area is 198 Å². The van der Waals surface area contributed by atoms with Crippen LogP contribution in [-0.4, -0.2) is 69.9 Å². The Bertz CT molecular complexity index is 545. The van der Waals surface area contributed by atoms with E-state index in [2.05, 4.69) is 10.1 Å². The van der Waals surface area contributed by atoms with Gasteiger partial charge in [0.25, 0.3) is 0 Å². The number of nitrogens with two attached hydrogens (primary N) is 1. The summed E-state index contributed by atoms with van der Waals surface area (Å²) in [5, 5.41) is 2.94. The second-order valence-corrected chi connectivity index (χ2v) is 9.84. The van der Waals surface area contributed by atoms with Crippen LogP contribution in [0.15, 0.2) is 0 Å². The Morgan fingerprint density at radius 1 is 1.03 bits per heavy atom. The monoisotopic (exact) mass is 476 g/mol. The molecule has 0 amide bonds. The van der Waals surface area contributed by atoms with Gasteiger partial charge in [0.15, 0.2) is 0 Å². The highest BCUT2D eigenvalue weighted by molar-refractivity contribution is 7.99. The summed E-state index contributed by atoms with van der Waals surface area (Å²) in [4.78, 5) is 36.6. The highest BCUT2D eigenvalue weighted by Crippen LogP contribution is 2.37. The van der Waals surface area contributed by atoms with Gasteiger partial charge in [-0.25, -0.2) is 0 Å². The maximum atomic E-state index is 13.0. The number of unbranched alkanes of at least 4 members (excludes halogenated alkanes) is 3. The molecule has 0 aromatic heterocycles. The SMILES string of the molecule is CNCCOC(=O)C(C)CC(C)(C)C(CSCCC(=O)OC)C(=O)OCCCCCCN. The maximum absolute atomic E-state index is 13.0. The fraction of sp³-hybridized carbons (Fsp3) is 0.870. The summed E-state index contributed by atoms with van der Waals surface area (Å²) in [7, 11) is 3.16. The smallest absolute Gasteiger partial charge is 0.310 e. The number of carbonyl (C=O) groups is 3. The van der Waals surface area contributed by atoms with Gasteiger partial charge in [0.2, 0.25) is 0 Å². The lowest BCUT2D eigenvalue weighted by Crippen LogP contribution is -2.37. The zero-order valence-corrected chi connectivity index (χ0v) is 21.4. The van der Waals surface area contributed by atoms with Crippen LogP contribution < -0.4 is 11.1 Å². The third-order valence-electron chi connectivity index (χ3n) is 5.36. The van der Waals surface area contributed by atoms with Crippen molar-refractivity contribution in [3.63, 3.8) is 0 Å². The summed E-state index contributed by atoms with van der Waals surface area (Å²) in [5.74, 6) is -0.458. The van der Waals surface area contributed by atoms with Crippen LogP contribution in [0, 0.1) is 17.3 Å². The highest BCUT2D eigenvalue weighted by Gasteiger charge is 2.38. The second-order valence-electron chi connectivity index (χ2n) is 8.69. The van der Waals surface area contributed by atoms with Crippen molar-refractivity contribution in [2.45, 2.75) is 59.3 Å². The zero-order valence-electron chi connectivity index (χ0n) is 20.6. The molecule has 0 spiro atoms. The fourth-order valence-corrected chi connectivity index (χ4v) is 4.66. The number of carbonyl (C=O) groups excluding carboxylic acids is 3. The number of methoxy groups -OCH3 is 1. The van der Waals surface area contributed by atoms with E-state index in [9.17, 15) is 14.4 Å². The zero-order chi connectivity index (χ0) is 24.4. The van der Waals surface area contributed by atoms with Crippen molar-refractivity contribution < 1.29 is 28.6 Å². The van der Waals surface area contributed by atoms with Crippen LogP contribution in [0.1, 0.15) is 59.3 Å². The Hall–Kier alpha value is -1.32. The van der Waals surface area contributed by atoms with Crippen LogP contribution in [-0.2, 0) is 28.6 Å². The van der Waals surface area contributed by atoms with E-state index in [4.69, 9.17) is 15.2 Å². The first-order valence-electron chi connectivity index (χ1n) is 11.5. The molecule has 2 atom stereocenters. The summed E-state index contributed by atoms with van der Waals surface area (Å²) in [6.07, 6.45) is 4.57. The van der Waals surface area contributed by atoms with Crippen molar-refractivity contribution in [3.8, 4) is 0 Å². The van der Waals surface area contributed by atoms with E-state index in [1.54, 1.807) is 7.05 Å². The number of ether oxygens (including phenoxy) is 3. The molecule has 2 unspecified atom stereocenters. The molecule has 188 valence electrons. The number of nitrogens with one attached hydrogen (secondary N) is 1. The minimum absolute atomic E-state index is 0.254. The Kier molecular flexibility index (Phi) is 17.4. The summed E-state index contributed by atoms with van der Waals surface area (Å²) >= 11 is 1.52. The molecule has 0 bridgehead atoms. The van der Waals surface area contributed by atoms with Crippen molar-refractivity contribution in [1.29, 1.82) is 0 Å². The van der Waals surface area contributed by atoms with Crippen molar-refractivity contribution in [2.75, 3.05) is 52.0 Å². The molecule has 32 heavy (non-hydrogen) atoms. The largest absolute Gasteiger partial charge is 0.469 e. The Morgan fingerprint density at radius 2 is 1.69 bits per heavy atom. The first kappa shape index (κ1) is 30.7. The molecule has 0 aromatic carbocycles. The molecule has 8 nitrogen and oxygen atoms in total. The molecule has 0 aliphatic rings. The van der Waals surface area contributed by atoms with Gasteiger partial charge in [0.1, 0.15) is 6.61 Å². The topological polar surface area (TPSA) is 117 Å². The molecule has 0 heterocycles.